The normalized spacial score (nSPS) is 11.5. The zero-order valence-corrected chi connectivity index (χ0v) is 19.9. The lowest BCUT2D eigenvalue weighted by Crippen LogP contribution is -2.29. The molecule has 0 aliphatic rings. The van der Waals surface area contributed by atoms with Gasteiger partial charge in [-0.3, -0.25) is 4.79 Å². The Morgan fingerprint density at radius 2 is 1.74 bits per heavy atom. The van der Waals surface area contributed by atoms with Gasteiger partial charge in [0.15, 0.2) is 11.5 Å². The van der Waals surface area contributed by atoms with Crippen LogP contribution in [0.15, 0.2) is 83.7 Å². The number of aromatic nitrogens is 1. The highest BCUT2D eigenvalue weighted by atomic mass is 32.1. The third kappa shape index (κ3) is 5.74. The van der Waals surface area contributed by atoms with Crippen molar-refractivity contribution >= 4 is 17.2 Å². The molecule has 0 spiro atoms. The molecule has 0 saturated carbocycles. The molecule has 1 aromatic heterocycles. The van der Waals surface area contributed by atoms with E-state index in [9.17, 15) is 4.79 Å². The number of hydrogen-bond donors (Lipinski definition) is 1. The van der Waals surface area contributed by atoms with E-state index in [1.165, 1.54) is 11.3 Å². The molecule has 4 aromatic rings. The van der Waals surface area contributed by atoms with Gasteiger partial charge in [-0.1, -0.05) is 42.5 Å². The van der Waals surface area contributed by atoms with Gasteiger partial charge in [-0.05, 0) is 48.4 Å². The van der Waals surface area contributed by atoms with Gasteiger partial charge in [-0.2, -0.15) is 0 Å². The fraction of sp³-hybridized carbons (Fsp3) is 0.185. The van der Waals surface area contributed by atoms with E-state index in [4.69, 9.17) is 14.2 Å². The molecule has 0 radical (unpaired) electrons. The molecule has 174 valence electrons. The number of nitrogens with zero attached hydrogens (tertiary/aromatic N) is 1. The molecule has 0 aliphatic carbocycles. The lowest BCUT2D eigenvalue weighted by atomic mass is 9.98. The second-order valence-electron chi connectivity index (χ2n) is 7.45. The molecule has 1 amide bonds. The van der Waals surface area contributed by atoms with E-state index in [1.54, 1.807) is 30.8 Å². The molecule has 0 aliphatic heterocycles. The van der Waals surface area contributed by atoms with Crippen LogP contribution in [-0.4, -0.2) is 24.6 Å². The molecule has 7 heteroatoms. The van der Waals surface area contributed by atoms with E-state index in [0.717, 1.165) is 22.6 Å². The van der Waals surface area contributed by atoms with Crippen molar-refractivity contribution in [3.63, 3.8) is 0 Å². The van der Waals surface area contributed by atoms with Crippen molar-refractivity contribution in [2.45, 2.75) is 19.6 Å². The number of nitrogens with one attached hydrogen (secondary N) is 1. The van der Waals surface area contributed by atoms with E-state index in [2.05, 4.69) is 10.3 Å². The van der Waals surface area contributed by atoms with Crippen molar-refractivity contribution in [2.24, 2.45) is 0 Å². The predicted molar refractivity (Wildman–Crippen MR) is 133 cm³/mol. The van der Waals surface area contributed by atoms with E-state index in [1.807, 2.05) is 66.9 Å². The molecule has 1 atom stereocenters. The van der Waals surface area contributed by atoms with Crippen molar-refractivity contribution in [2.75, 3.05) is 13.7 Å². The van der Waals surface area contributed by atoms with E-state index in [-0.39, 0.29) is 11.9 Å². The Morgan fingerprint density at radius 1 is 0.971 bits per heavy atom. The maximum absolute atomic E-state index is 13.3. The number of hydrogen-bond acceptors (Lipinski definition) is 6. The van der Waals surface area contributed by atoms with Crippen molar-refractivity contribution in [3.8, 4) is 17.2 Å². The van der Waals surface area contributed by atoms with Crippen LogP contribution in [0.4, 0.5) is 0 Å². The Bertz CT molecular complexity index is 1200. The fourth-order valence-corrected chi connectivity index (χ4v) is 4.07. The fourth-order valence-electron chi connectivity index (χ4n) is 3.53. The largest absolute Gasteiger partial charge is 0.494 e. The zero-order valence-electron chi connectivity index (χ0n) is 19.1. The van der Waals surface area contributed by atoms with Gasteiger partial charge in [-0.25, -0.2) is 4.98 Å². The molecule has 34 heavy (non-hydrogen) atoms. The molecule has 1 heterocycles. The summed E-state index contributed by atoms with van der Waals surface area (Å²) in [5.74, 6) is 1.62. The molecule has 0 bridgehead atoms. The van der Waals surface area contributed by atoms with Crippen LogP contribution >= 0.6 is 11.3 Å². The van der Waals surface area contributed by atoms with Crippen molar-refractivity contribution in [3.05, 3.63) is 106 Å². The van der Waals surface area contributed by atoms with E-state index >= 15 is 0 Å². The van der Waals surface area contributed by atoms with Gasteiger partial charge < -0.3 is 19.5 Å². The van der Waals surface area contributed by atoms with Gasteiger partial charge in [0.1, 0.15) is 12.4 Å². The molecule has 1 N–H and O–H groups in total. The second-order valence-corrected chi connectivity index (χ2v) is 8.17. The number of carbonyl (C=O) groups is 1. The minimum atomic E-state index is -0.323. The van der Waals surface area contributed by atoms with Gasteiger partial charge in [0.2, 0.25) is 0 Å². The minimum Gasteiger partial charge on any atom is -0.494 e. The average Bonchev–Trinajstić information content (AvgIpc) is 3.41. The van der Waals surface area contributed by atoms with Crippen LogP contribution in [-0.2, 0) is 6.61 Å². The van der Waals surface area contributed by atoms with Crippen LogP contribution in [0, 0.1) is 0 Å². The predicted octanol–water partition coefficient (Wildman–Crippen LogP) is 5.65. The number of carbonyl (C=O) groups excluding carboxylic acids is 1. The highest BCUT2D eigenvalue weighted by Crippen LogP contribution is 2.30. The van der Waals surface area contributed by atoms with Gasteiger partial charge in [0.05, 0.1) is 31.0 Å². The maximum Gasteiger partial charge on any atom is 0.252 e. The van der Waals surface area contributed by atoms with Crippen molar-refractivity contribution in [1.82, 2.24) is 10.3 Å². The SMILES string of the molecule is CCOc1ccc(C(NC(=O)c2ccc(OCc3cscn3)c(OC)c2)c2ccccc2)cc1. The summed E-state index contributed by atoms with van der Waals surface area (Å²) in [7, 11) is 1.55. The van der Waals surface area contributed by atoms with Gasteiger partial charge in [0.25, 0.3) is 5.91 Å². The Kier molecular flexibility index (Phi) is 7.78. The Labute approximate surface area is 203 Å². The van der Waals surface area contributed by atoms with Crippen LogP contribution in [0.25, 0.3) is 0 Å². The molecular formula is C27H26N2O4S. The average molecular weight is 475 g/mol. The smallest absolute Gasteiger partial charge is 0.252 e. The number of ether oxygens (including phenoxy) is 3. The molecular weight excluding hydrogens is 448 g/mol. The summed E-state index contributed by atoms with van der Waals surface area (Å²) in [4.78, 5) is 17.5. The molecule has 6 nitrogen and oxygen atoms in total. The lowest BCUT2D eigenvalue weighted by Gasteiger charge is -2.21. The van der Waals surface area contributed by atoms with E-state index in [0.29, 0.717) is 30.3 Å². The standard InChI is InChI=1S/C27H26N2O4S/c1-3-32-23-12-9-20(10-13-23)26(19-7-5-4-6-8-19)29-27(30)21-11-14-24(25(15-21)31-2)33-16-22-17-34-18-28-22/h4-15,17-18,26H,3,16H2,1-2H3,(H,29,30). The summed E-state index contributed by atoms with van der Waals surface area (Å²) in [6, 6.07) is 22.5. The molecule has 0 saturated heterocycles. The third-order valence-corrected chi connectivity index (χ3v) is 5.85. The summed E-state index contributed by atoms with van der Waals surface area (Å²) in [6.07, 6.45) is 0. The summed E-state index contributed by atoms with van der Waals surface area (Å²) in [5.41, 5.74) is 5.02. The zero-order chi connectivity index (χ0) is 23.8. The first kappa shape index (κ1) is 23.3. The number of amides is 1. The Hall–Kier alpha value is -3.84. The lowest BCUT2D eigenvalue weighted by molar-refractivity contribution is 0.0942. The second kappa shape index (κ2) is 11.3. The molecule has 4 rings (SSSR count). The van der Waals surface area contributed by atoms with Gasteiger partial charge >= 0.3 is 0 Å². The summed E-state index contributed by atoms with van der Waals surface area (Å²) < 4.78 is 16.9. The quantitative estimate of drug-likeness (QED) is 0.322. The number of methoxy groups -OCH3 is 1. The van der Waals surface area contributed by atoms with Gasteiger partial charge in [0, 0.05) is 10.9 Å². The Balaban J connectivity index is 1.54. The highest BCUT2D eigenvalue weighted by molar-refractivity contribution is 7.07. The van der Waals surface area contributed by atoms with Crippen LogP contribution in [0.1, 0.15) is 40.1 Å². The maximum atomic E-state index is 13.3. The molecule has 3 aromatic carbocycles. The summed E-state index contributed by atoms with van der Waals surface area (Å²) in [6.45, 7) is 2.88. The Morgan fingerprint density at radius 3 is 2.41 bits per heavy atom. The monoisotopic (exact) mass is 474 g/mol. The first-order chi connectivity index (χ1) is 16.7. The van der Waals surface area contributed by atoms with Crippen LogP contribution < -0.4 is 19.5 Å². The summed E-state index contributed by atoms with van der Waals surface area (Å²) in [5, 5.41) is 5.09. The van der Waals surface area contributed by atoms with Gasteiger partial charge in [-0.15, -0.1) is 11.3 Å². The number of thiazole rings is 1. The summed E-state index contributed by atoms with van der Waals surface area (Å²) >= 11 is 1.51. The first-order valence-corrected chi connectivity index (χ1v) is 11.9. The molecule has 1 unspecified atom stereocenters. The first-order valence-electron chi connectivity index (χ1n) is 10.9. The third-order valence-electron chi connectivity index (χ3n) is 5.22. The highest BCUT2D eigenvalue weighted by Gasteiger charge is 2.19. The van der Waals surface area contributed by atoms with Crippen LogP contribution in [0.5, 0.6) is 17.2 Å². The number of benzene rings is 3. The number of rotatable bonds is 10. The van der Waals surface area contributed by atoms with Crippen molar-refractivity contribution in [1.29, 1.82) is 0 Å². The van der Waals surface area contributed by atoms with Crippen LogP contribution in [0.2, 0.25) is 0 Å². The van der Waals surface area contributed by atoms with Crippen molar-refractivity contribution < 1.29 is 19.0 Å². The van der Waals surface area contributed by atoms with E-state index < -0.39 is 0 Å². The molecule has 0 fully saturated rings. The van der Waals surface area contributed by atoms with Crippen LogP contribution in [0.3, 0.4) is 0 Å². The topological polar surface area (TPSA) is 69.7 Å². The minimum absolute atomic E-state index is 0.216.